The molecule has 4 nitrogen and oxygen atoms in total. The Morgan fingerprint density at radius 2 is 1.90 bits per heavy atom. The summed E-state index contributed by atoms with van der Waals surface area (Å²) in [6.45, 7) is 2.03. The predicted molar refractivity (Wildman–Crippen MR) is 75.9 cm³/mol. The van der Waals surface area contributed by atoms with E-state index in [2.05, 4.69) is 0 Å². The van der Waals surface area contributed by atoms with Crippen LogP contribution in [0.25, 0.3) is 21.7 Å². The van der Waals surface area contributed by atoms with Crippen molar-refractivity contribution in [3.05, 3.63) is 58.4 Å². The molecule has 0 amide bonds. The van der Waals surface area contributed by atoms with Crippen molar-refractivity contribution in [3.8, 4) is 0 Å². The molecule has 100 valence electrons. The average Bonchev–Trinajstić information content (AvgIpc) is 2.47. The highest BCUT2D eigenvalue weighted by atomic mass is 16.5. The topological polar surface area (TPSA) is 56.5 Å². The van der Waals surface area contributed by atoms with Gasteiger partial charge in [-0.1, -0.05) is 24.3 Å². The van der Waals surface area contributed by atoms with Crippen molar-refractivity contribution in [3.63, 3.8) is 0 Å². The van der Waals surface area contributed by atoms with E-state index in [-0.39, 0.29) is 0 Å². The number of hydrogen-bond acceptors (Lipinski definition) is 4. The van der Waals surface area contributed by atoms with Crippen LogP contribution in [0.3, 0.4) is 0 Å². The molecule has 0 fully saturated rings. The Morgan fingerprint density at radius 3 is 2.70 bits per heavy atom. The average molecular weight is 268 g/mol. The van der Waals surface area contributed by atoms with Crippen molar-refractivity contribution in [2.24, 2.45) is 0 Å². The van der Waals surface area contributed by atoms with Crippen molar-refractivity contribution >= 4 is 27.7 Å². The lowest BCUT2D eigenvalue weighted by molar-refractivity contribution is 0.0526. The first kappa shape index (κ1) is 12.4. The third-order valence-corrected chi connectivity index (χ3v) is 3.13. The fraction of sp³-hybridized carbons (Fsp3) is 0.125. The molecule has 0 unspecified atom stereocenters. The molecule has 0 saturated carbocycles. The lowest BCUT2D eigenvalue weighted by Gasteiger charge is -2.05. The van der Waals surface area contributed by atoms with Gasteiger partial charge in [0.15, 0.2) is 0 Å². The number of esters is 1. The van der Waals surface area contributed by atoms with Gasteiger partial charge in [0.1, 0.15) is 5.58 Å². The number of carbonyl (C=O) groups excluding carboxylic acids is 1. The number of carbonyl (C=O) groups is 1. The summed E-state index contributed by atoms with van der Waals surface area (Å²) in [6.07, 6.45) is 0. The standard InChI is InChI=1S/C16H12O4/c1-2-19-15(17)10-7-8-11-12-5-3-4-6-14(12)20-16(18)13(11)9-10/h3-9H,2H2,1H3. The Kier molecular flexibility index (Phi) is 2.99. The molecule has 3 rings (SSSR count). The van der Waals surface area contributed by atoms with Gasteiger partial charge in [0.05, 0.1) is 17.6 Å². The maximum absolute atomic E-state index is 12.0. The van der Waals surface area contributed by atoms with Crippen LogP contribution in [-0.2, 0) is 4.74 Å². The zero-order valence-corrected chi connectivity index (χ0v) is 10.9. The quantitative estimate of drug-likeness (QED) is 0.407. The third kappa shape index (κ3) is 1.95. The van der Waals surface area contributed by atoms with E-state index in [1.165, 1.54) is 6.07 Å². The molecule has 0 bridgehead atoms. The first-order chi connectivity index (χ1) is 9.70. The number of benzene rings is 2. The predicted octanol–water partition coefficient (Wildman–Crippen LogP) is 3.12. The lowest BCUT2D eigenvalue weighted by atomic mass is 10.1. The van der Waals surface area contributed by atoms with Crippen LogP contribution < -0.4 is 5.63 Å². The van der Waals surface area contributed by atoms with E-state index in [0.717, 1.165) is 10.8 Å². The molecular weight excluding hydrogens is 256 g/mol. The van der Waals surface area contributed by atoms with Crippen LogP contribution >= 0.6 is 0 Å². The van der Waals surface area contributed by atoms with Crippen molar-refractivity contribution in [2.75, 3.05) is 6.61 Å². The van der Waals surface area contributed by atoms with Gasteiger partial charge in [-0.15, -0.1) is 0 Å². The minimum absolute atomic E-state index is 0.295. The molecule has 1 heterocycles. The van der Waals surface area contributed by atoms with Crippen molar-refractivity contribution in [1.82, 2.24) is 0 Å². The Balaban J connectivity index is 2.30. The van der Waals surface area contributed by atoms with E-state index in [1.807, 2.05) is 18.2 Å². The summed E-state index contributed by atoms with van der Waals surface area (Å²) >= 11 is 0. The van der Waals surface area contributed by atoms with E-state index >= 15 is 0 Å². The van der Waals surface area contributed by atoms with Crippen molar-refractivity contribution < 1.29 is 13.9 Å². The Labute approximate surface area is 114 Å². The van der Waals surface area contributed by atoms with Gasteiger partial charge < -0.3 is 9.15 Å². The van der Waals surface area contributed by atoms with Crippen molar-refractivity contribution in [1.29, 1.82) is 0 Å². The molecule has 0 atom stereocenters. The van der Waals surface area contributed by atoms with Crippen LogP contribution in [0.5, 0.6) is 0 Å². The molecule has 0 aliphatic carbocycles. The van der Waals surface area contributed by atoms with Crippen LogP contribution in [0.4, 0.5) is 0 Å². The molecule has 0 N–H and O–H groups in total. The van der Waals surface area contributed by atoms with E-state index in [4.69, 9.17) is 9.15 Å². The molecule has 0 aliphatic rings. The highest BCUT2D eigenvalue weighted by molar-refractivity contribution is 6.06. The first-order valence-corrected chi connectivity index (χ1v) is 6.33. The minimum atomic E-state index is -0.454. The number of rotatable bonds is 2. The normalized spacial score (nSPS) is 10.8. The number of hydrogen-bond donors (Lipinski definition) is 0. The molecule has 2 aromatic carbocycles. The lowest BCUT2D eigenvalue weighted by Crippen LogP contribution is -2.06. The van der Waals surface area contributed by atoms with Crippen LogP contribution in [0, 0.1) is 0 Å². The van der Waals surface area contributed by atoms with Gasteiger partial charge in [-0.05, 0) is 30.5 Å². The molecule has 0 radical (unpaired) electrons. The second kappa shape index (κ2) is 4.81. The third-order valence-electron chi connectivity index (χ3n) is 3.13. The second-order valence-electron chi connectivity index (χ2n) is 4.37. The smallest absolute Gasteiger partial charge is 0.344 e. The maximum Gasteiger partial charge on any atom is 0.344 e. The molecule has 0 saturated heterocycles. The Hall–Kier alpha value is -2.62. The summed E-state index contributed by atoms with van der Waals surface area (Å²) in [6, 6.07) is 12.2. The summed E-state index contributed by atoms with van der Waals surface area (Å²) in [5.74, 6) is -0.443. The van der Waals surface area contributed by atoms with Gasteiger partial charge in [-0.3, -0.25) is 0 Å². The number of fused-ring (bicyclic) bond motifs is 3. The maximum atomic E-state index is 12.0. The van der Waals surface area contributed by atoms with Gasteiger partial charge in [0, 0.05) is 5.39 Å². The van der Waals surface area contributed by atoms with Crippen LogP contribution in [0.15, 0.2) is 51.7 Å². The monoisotopic (exact) mass is 268 g/mol. The van der Waals surface area contributed by atoms with Crippen LogP contribution in [-0.4, -0.2) is 12.6 Å². The fourth-order valence-electron chi connectivity index (χ4n) is 2.22. The van der Waals surface area contributed by atoms with Crippen LogP contribution in [0.1, 0.15) is 17.3 Å². The van der Waals surface area contributed by atoms with Gasteiger partial charge in [-0.25, -0.2) is 9.59 Å². The summed E-state index contributed by atoms with van der Waals surface area (Å²) in [5.41, 5.74) is 0.431. The number of para-hydroxylation sites is 1. The molecule has 0 aliphatic heterocycles. The Morgan fingerprint density at radius 1 is 1.10 bits per heavy atom. The minimum Gasteiger partial charge on any atom is -0.462 e. The summed E-state index contributed by atoms with van der Waals surface area (Å²) in [5, 5.41) is 2.00. The first-order valence-electron chi connectivity index (χ1n) is 6.33. The number of ether oxygens (including phenoxy) is 1. The molecular formula is C16H12O4. The SMILES string of the molecule is CCOC(=O)c1ccc2c(c1)c(=O)oc1ccccc12. The zero-order valence-electron chi connectivity index (χ0n) is 10.9. The van der Waals surface area contributed by atoms with Crippen molar-refractivity contribution in [2.45, 2.75) is 6.92 Å². The highest BCUT2D eigenvalue weighted by Gasteiger charge is 2.11. The van der Waals surface area contributed by atoms with E-state index in [0.29, 0.717) is 23.1 Å². The molecule has 1 aromatic heterocycles. The summed E-state index contributed by atoms with van der Waals surface area (Å²) < 4.78 is 10.2. The van der Waals surface area contributed by atoms with Gasteiger partial charge in [-0.2, -0.15) is 0 Å². The zero-order chi connectivity index (χ0) is 14.1. The molecule has 0 spiro atoms. The highest BCUT2D eigenvalue weighted by Crippen LogP contribution is 2.23. The van der Waals surface area contributed by atoms with Gasteiger partial charge in [0.2, 0.25) is 0 Å². The fourth-order valence-corrected chi connectivity index (χ4v) is 2.22. The van der Waals surface area contributed by atoms with E-state index < -0.39 is 11.6 Å². The molecule has 3 aromatic rings. The molecule has 4 heteroatoms. The summed E-state index contributed by atoms with van der Waals surface area (Å²) in [4.78, 5) is 23.7. The van der Waals surface area contributed by atoms with E-state index in [9.17, 15) is 9.59 Å². The van der Waals surface area contributed by atoms with Gasteiger partial charge in [0.25, 0.3) is 0 Å². The Bertz CT molecular complexity index is 861. The molecule has 20 heavy (non-hydrogen) atoms. The van der Waals surface area contributed by atoms with Gasteiger partial charge >= 0.3 is 11.6 Å². The van der Waals surface area contributed by atoms with E-state index in [1.54, 1.807) is 25.1 Å². The largest absolute Gasteiger partial charge is 0.462 e. The van der Waals surface area contributed by atoms with Crippen LogP contribution in [0.2, 0.25) is 0 Å². The summed E-state index contributed by atoms with van der Waals surface area (Å²) in [7, 11) is 0. The second-order valence-corrected chi connectivity index (χ2v) is 4.37.